The van der Waals surface area contributed by atoms with E-state index in [-0.39, 0.29) is 0 Å². The van der Waals surface area contributed by atoms with Crippen molar-refractivity contribution in [2.24, 2.45) is 5.73 Å². The zero-order valence-electron chi connectivity index (χ0n) is 5.23. The fourth-order valence-corrected chi connectivity index (χ4v) is 1.44. The van der Waals surface area contributed by atoms with Gasteiger partial charge in [0.15, 0.2) is 0 Å². The summed E-state index contributed by atoms with van der Waals surface area (Å²) in [6.45, 7) is 0.398. The van der Waals surface area contributed by atoms with Crippen LogP contribution in [0.1, 0.15) is 4.88 Å². The van der Waals surface area contributed by atoms with Crippen molar-refractivity contribution in [3.8, 4) is 11.8 Å². The van der Waals surface area contributed by atoms with Crippen molar-refractivity contribution >= 4 is 22.9 Å². The van der Waals surface area contributed by atoms with Crippen LogP contribution in [0, 0.1) is 11.8 Å². The molecule has 1 heterocycles. The molecule has 0 spiro atoms. The highest BCUT2D eigenvalue weighted by Crippen LogP contribution is 2.19. The van der Waals surface area contributed by atoms with E-state index in [1.54, 1.807) is 0 Å². The molecule has 0 aromatic carbocycles. The lowest BCUT2D eigenvalue weighted by atomic mass is 10.4. The van der Waals surface area contributed by atoms with Crippen LogP contribution in [-0.2, 0) is 0 Å². The molecule has 3 heteroatoms. The number of hydrogen-bond donors (Lipinski definition) is 1. The Labute approximate surface area is 68.8 Å². The molecule has 1 rings (SSSR count). The van der Waals surface area contributed by atoms with E-state index in [1.165, 1.54) is 11.3 Å². The van der Waals surface area contributed by atoms with Crippen molar-refractivity contribution < 1.29 is 0 Å². The SMILES string of the molecule is NCC#Cc1ccc(Cl)s1. The van der Waals surface area contributed by atoms with Crippen molar-refractivity contribution in [3.05, 3.63) is 21.3 Å². The summed E-state index contributed by atoms with van der Waals surface area (Å²) in [4.78, 5) is 0.968. The van der Waals surface area contributed by atoms with Crippen LogP contribution in [0.2, 0.25) is 4.34 Å². The zero-order valence-corrected chi connectivity index (χ0v) is 6.80. The average Bonchev–Trinajstić information content (AvgIpc) is 2.31. The molecule has 0 saturated carbocycles. The lowest BCUT2D eigenvalue weighted by molar-refractivity contribution is 1.30. The maximum absolute atomic E-state index is 5.66. The Hall–Kier alpha value is -0.490. The topological polar surface area (TPSA) is 26.0 Å². The predicted octanol–water partition coefficient (Wildman–Crippen LogP) is 1.71. The van der Waals surface area contributed by atoms with Gasteiger partial charge in [0, 0.05) is 0 Å². The molecule has 0 saturated heterocycles. The second kappa shape index (κ2) is 3.62. The van der Waals surface area contributed by atoms with Crippen LogP contribution in [0.5, 0.6) is 0 Å². The van der Waals surface area contributed by atoms with Gasteiger partial charge in [-0.15, -0.1) is 11.3 Å². The maximum atomic E-state index is 5.66. The first-order valence-electron chi connectivity index (χ1n) is 2.77. The Bertz CT molecular complexity index is 269. The Kier molecular flexibility index (Phi) is 2.76. The number of rotatable bonds is 0. The lowest BCUT2D eigenvalue weighted by Crippen LogP contribution is -1.92. The third-order valence-corrected chi connectivity index (χ3v) is 2.03. The van der Waals surface area contributed by atoms with E-state index in [2.05, 4.69) is 11.8 Å². The van der Waals surface area contributed by atoms with E-state index in [0.717, 1.165) is 9.21 Å². The highest BCUT2D eigenvalue weighted by Gasteiger charge is 1.90. The first-order valence-corrected chi connectivity index (χ1v) is 3.96. The van der Waals surface area contributed by atoms with Crippen LogP contribution in [0.25, 0.3) is 0 Å². The second-order valence-electron chi connectivity index (χ2n) is 1.61. The summed E-state index contributed by atoms with van der Waals surface area (Å²) in [7, 11) is 0. The van der Waals surface area contributed by atoms with E-state index < -0.39 is 0 Å². The van der Waals surface area contributed by atoms with Gasteiger partial charge >= 0.3 is 0 Å². The minimum Gasteiger partial charge on any atom is -0.320 e. The van der Waals surface area contributed by atoms with Gasteiger partial charge in [-0.05, 0) is 12.1 Å². The number of halogens is 1. The molecule has 0 aliphatic heterocycles. The summed E-state index contributed by atoms with van der Waals surface area (Å²) in [6, 6.07) is 3.71. The van der Waals surface area contributed by atoms with Crippen LogP contribution in [-0.4, -0.2) is 6.54 Å². The van der Waals surface area contributed by atoms with Crippen LogP contribution in [0.3, 0.4) is 0 Å². The first kappa shape index (κ1) is 7.62. The van der Waals surface area contributed by atoms with Gasteiger partial charge in [0.25, 0.3) is 0 Å². The Balaban J connectivity index is 2.76. The van der Waals surface area contributed by atoms with Crippen molar-refractivity contribution in [2.45, 2.75) is 0 Å². The summed E-state index contributed by atoms with van der Waals surface area (Å²) in [5, 5.41) is 0. The van der Waals surface area contributed by atoms with Crippen molar-refractivity contribution in [1.29, 1.82) is 0 Å². The standard InChI is InChI=1S/C7H6ClNS/c8-7-4-3-6(10-7)2-1-5-9/h3-4H,5,9H2. The quantitative estimate of drug-likeness (QED) is 0.591. The van der Waals surface area contributed by atoms with Crippen molar-refractivity contribution in [1.82, 2.24) is 0 Å². The molecule has 0 atom stereocenters. The van der Waals surface area contributed by atoms with Crippen molar-refractivity contribution in [2.75, 3.05) is 6.54 Å². The van der Waals surface area contributed by atoms with Gasteiger partial charge in [0.05, 0.1) is 15.8 Å². The molecule has 0 aliphatic carbocycles. The molecule has 0 amide bonds. The highest BCUT2D eigenvalue weighted by atomic mass is 35.5. The van der Waals surface area contributed by atoms with Gasteiger partial charge < -0.3 is 5.73 Å². The van der Waals surface area contributed by atoms with Crippen LogP contribution in [0.15, 0.2) is 12.1 Å². The lowest BCUT2D eigenvalue weighted by Gasteiger charge is -1.74. The van der Waals surface area contributed by atoms with E-state index in [0.29, 0.717) is 6.54 Å². The minimum absolute atomic E-state index is 0.398. The summed E-state index contributed by atoms with van der Waals surface area (Å²) in [5.74, 6) is 5.63. The molecule has 52 valence electrons. The van der Waals surface area contributed by atoms with Gasteiger partial charge in [-0.3, -0.25) is 0 Å². The van der Waals surface area contributed by atoms with Gasteiger partial charge in [0.1, 0.15) is 0 Å². The van der Waals surface area contributed by atoms with Crippen molar-refractivity contribution in [3.63, 3.8) is 0 Å². The molecule has 0 radical (unpaired) electrons. The Morgan fingerprint density at radius 1 is 1.60 bits per heavy atom. The summed E-state index contributed by atoms with van der Waals surface area (Å²) >= 11 is 7.12. The van der Waals surface area contributed by atoms with E-state index in [1.807, 2.05) is 12.1 Å². The normalized spacial score (nSPS) is 8.60. The number of nitrogens with two attached hydrogens (primary N) is 1. The highest BCUT2D eigenvalue weighted by molar-refractivity contribution is 7.16. The fraction of sp³-hybridized carbons (Fsp3) is 0.143. The number of thiophene rings is 1. The molecule has 0 fully saturated rings. The monoisotopic (exact) mass is 171 g/mol. The predicted molar refractivity (Wildman–Crippen MR) is 45.3 cm³/mol. The molecule has 10 heavy (non-hydrogen) atoms. The van der Waals surface area contributed by atoms with Crippen LogP contribution >= 0.6 is 22.9 Å². The maximum Gasteiger partial charge on any atom is 0.0941 e. The Morgan fingerprint density at radius 2 is 2.40 bits per heavy atom. The number of hydrogen-bond acceptors (Lipinski definition) is 2. The molecule has 2 N–H and O–H groups in total. The fourth-order valence-electron chi connectivity index (χ4n) is 0.520. The molecule has 0 aliphatic rings. The van der Waals surface area contributed by atoms with Gasteiger partial charge in [0.2, 0.25) is 0 Å². The van der Waals surface area contributed by atoms with E-state index >= 15 is 0 Å². The minimum atomic E-state index is 0.398. The van der Waals surface area contributed by atoms with Crippen LogP contribution < -0.4 is 5.73 Å². The van der Waals surface area contributed by atoms with Gasteiger partial charge in [-0.2, -0.15) is 0 Å². The third-order valence-electron chi connectivity index (χ3n) is 0.887. The molecule has 0 bridgehead atoms. The summed E-state index contributed by atoms with van der Waals surface area (Å²) in [6.07, 6.45) is 0. The zero-order chi connectivity index (χ0) is 7.40. The average molecular weight is 172 g/mol. The second-order valence-corrected chi connectivity index (χ2v) is 3.32. The molecule has 1 aromatic heterocycles. The van der Waals surface area contributed by atoms with E-state index in [4.69, 9.17) is 17.3 Å². The largest absolute Gasteiger partial charge is 0.320 e. The van der Waals surface area contributed by atoms with Gasteiger partial charge in [-0.1, -0.05) is 23.4 Å². The molecule has 1 aromatic rings. The molecular formula is C7H6ClNS. The Morgan fingerprint density at radius 3 is 2.90 bits per heavy atom. The first-order chi connectivity index (χ1) is 4.83. The molecule has 0 unspecified atom stereocenters. The summed E-state index contributed by atoms with van der Waals surface area (Å²) < 4.78 is 0.765. The third kappa shape index (κ3) is 2.03. The van der Waals surface area contributed by atoms with Gasteiger partial charge in [-0.25, -0.2) is 0 Å². The smallest absolute Gasteiger partial charge is 0.0941 e. The summed E-state index contributed by atoms with van der Waals surface area (Å²) in [5.41, 5.74) is 5.18. The molecule has 1 nitrogen and oxygen atoms in total. The molecular weight excluding hydrogens is 166 g/mol. The van der Waals surface area contributed by atoms with E-state index in [9.17, 15) is 0 Å². The van der Waals surface area contributed by atoms with Crippen LogP contribution in [0.4, 0.5) is 0 Å².